The Bertz CT molecular complexity index is 359. The lowest BCUT2D eigenvalue weighted by Gasteiger charge is -2.37. The first kappa shape index (κ1) is 16.3. The van der Waals surface area contributed by atoms with Crippen molar-refractivity contribution in [3.63, 3.8) is 0 Å². The van der Waals surface area contributed by atoms with Gasteiger partial charge < -0.3 is 16.0 Å². The third-order valence-corrected chi connectivity index (χ3v) is 4.75. The first-order valence-electron chi connectivity index (χ1n) is 8.49. The molecule has 5 heteroatoms. The van der Waals surface area contributed by atoms with Crippen molar-refractivity contribution in [2.75, 3.05) is 19.6 Å². The van der Waals surface area contributed by atoms with Crippen LogP contribution in [0.25, 0.3) is 0 Å². The molecular weight excluding hydrogens is 266 g/mol. The van der Waals surface area contributed by atoms with Gasteiger partial charge in [-0.3, -0.25) is 9.59 Å². The largest absolute Gasteiger partial charge is 0.354 e. The topological polar surface area (TPSA) is 70.2 Å². The zero-order valence-corrected chi connectivity index (χ0v) is 13.2. The van der Waals surface area contributed by atoms with Crippen LogP contribution in [0, 0.1) is 5.92 Å². The van der Waals surface area contributed by atoms with Gasteiger partial charge in [-0.05, 0) is 32.2 Å². The number of hydrogen-bond donors (Lipinski definition) is 3. The molecular formula is C16H29N3O2. The van der Waals surface area contributed by atoms with Gasteiger partial charge in [-0.15, -0.1) is 0 Å². The molecule has 0 bridgehead atoms. The molecule has 0 radical (unpaired) electrons. The van der Waals surface area contributed by atoms with Gasteiger partial charge in [0.25, 0.3) is 0 Å². The summed E-state index contributed by atoms with van der Waals surface area (Å²) < 4.78 is 0. The van der Waals surface area contributed by atoms with Crippen LogP contribution in [0.1, 0.15) is 58.3 Å². The molecule has 2 amide bonds. The molecule has 2 aliphatic rings. The number of hydrogen-bond acceptors (Lipinski definition) is 3. The first-order chi connectivity index (χ1) is 10.2. The van der Waals surface area contributed by atoms with Gasteiger partial charge in [0.1, 0.15) is 5.54 Å². The first-order valence-corrected chi connectivity index (χ1v) is 8.49. The maximum Gasteiger partial charge on any atom is 0.245 e. The van der Waals surface area contributed by atoms with Crippen LogP contribution in [0.5, 0.6) is 0 Å². The maximum atomic E-state index is 12.6. The normalized spacial score (nSPS) is 24.5. The van der Waals surface area contributed by atoms with Gasteiger partial charge in [-0.1, -0.05) is 32.6 Å². The quantitative estimate of drug-likeness (QED) is 0.648. The van der Waals surface area contributed by atoms with Crippen LogP contribution in [0.3, 0.4) is 0 Å². The summed E-state index contributed by atoms with van der Waals surface area (Å²) in [6.07, 6.45) is 7.67. The molecule has 1 heterocycles. The Labute approximate surface area is 127 Å². The highest BCUT2D eigenvalue weighted by atomic mass is 16.2. The van der Waals surface area contributed by atoms with E-state index >= 15 is 0 Å². The highest BCUT2D eigenvalue weighted by Crippen LogP contribution is 2.29. The molecule has 3 N–H and O–H groups in total. The molecule has 1 atom stereocenters. The molecule has 2 rings (SSSR count). The zero-order chi connectivity index (χ0) is 15.1. The van der Waals surface area contributed by atoms with Gasteiger partial charge in [-0.25, -0.2) is 0 Å². The predicted molar refractivity (Wildman–Crippen MR) is 82.9 cm³/mol. The molecule has 21 heavy (non-hydrogen) atoms. The van der Waals surface area contributed by atoms with E-state index in [4.69, 9.17) is 0 Å². The van der Waals surface area contributed by atoms with Crippen molar-refractivity contribution < 1.29 is 9.59 Å². The van der Waals surface area contributed by atoms with E-state index in [0.717, 1.165) is 64.5 Å². The smallest absolute Gasteiger partial charge is 0.245 e. The number of carbonyl (C=O) groups is 2. The lowest BCUT2D eigenvalue weighted by molar-refractivity contribution is -0.136. The van der Waals surface area contributed by atoms with Crippen LogP contribution in [0.2, 0.25) is 0 Å². The zero-order valence-electron chi connectivity index (χ0n) is 13.2. The molecule has 1 aliphatic carbocycles. The summed E-state index contributed by atoms with van der Waals surface area (Å²) >= 11 is 0. The highest BCUT2D eigenvalue weighted by molar-refractivity contribution is 5.92. The minimum absolute atomic E-state index is 0.0206. The van der Waals surface area contributed by atoms with E-state index in [9.17, 15) is 9.59 Å². The van der Waals surface area contributed by atoms with Crippen LogP contribution in [0.4, 0.5) is 0 Å². The van der Waals surface area contributed by atoms with Gasteiger partial charge in [0.2, 0.25) is 11.8 Å². The molecule has 1 aliphatic heterocycles. The second-order valence-electron chi connectivity index (χ2n) is 6.43. The van der Waals surface area contributed by atoms with E-state index in [1.54, 1.807) is 0 Å². The minimum atomic E-state index is -0.661. The number of rotatable bonds is 6. The van der Waals surface area contributed by atoms with Gasteiger partial charge in [-0.2, -0.15) is 0 Å². The molecule has 1 saturated heterocycles. The van der Waals surface area contributed by atoms with Crippen LogP contribution in [-0.4, -0.2) is 37.0 Å². The minimum Gasteiger partial charge on any atom is -0.354 e. The van der Waals surface area contributed by atoms with Crippen molar-refractivity contribution in [1.29, 1.82) is 0 Å². The van der Waals surface area contributed by atoms with E-state index in [-0.39, 0.29) is 17.7 Å². The molecule has 2 fully saturated rings. The van der Waals surface area contributed by atoms with Gasteiger partial charge in [0, 0.05) is 13.1 Å². The maximum absolute atomic E-state index is 12.6. The van der Waals surface area contributed by atoms with Crippen molar-refractivity contribution >= 4 is 11.8 Å². The fourth-order valence-electron chi connectivity index (χ4n) is 3.33. The third-order valence-electron chi connectivity index (χ3n) is 4.75. The van der Waals surface area contributed by atoms with Crippen LogP contribution in [-0.2, 0) is 9.59 Å². The summed E-state index contributed by atoms with van der Waals surface area (Å²) in [6, 6.07) is 0. The Hall–Kier alpha value is -1.10. The van der Waals surface area contributed by atoms with E-state index < -0.39 is 5.54 Å². The summed E-state index contributed by atoms with van der Waals surface area (Å²) in [5.74, 6) is 0.0924. The lowest BCUT2D eigenvalue weighted by Crippen LogP contribution is -2.60. The predicted octanol–water partition coefficient (Wildman–Crippen LogP) is 1.33. The Morgan fingerprint density at radius 3 is 2.62 bits per heavy atom. The highest BCUT2D eigenvalue weighted by Gasteiger charge is 2.41. The van der Waals surface area contributed by atoms with Crippen molar-refractivity contribution in [3.05, 3.63) is 0 Å². The van der Waals surface area contributed by atoms with Crippen LogP contribution >= 0.6 is 0 Å². The second-order valence-corrected chi connectivity index (χ2v) is 6.43. The summed E-state index contributed by atoms with van der Waals surface area (Å²) in [5.41, 5.74) is -0.661. The summed E-state index contributed by atoms with van der Waals surface area (Å²) in [6.45, 7) is 4.45. The average Bonchev–Trinajstić information content (AvgIpc) is 3.02. The molecule has 1 unspecified atom stereocenters. The Balaban J connectivity index is 1.98. The average molecular weight is 295 g/mol. The third kappa shape index (κ3) is 4.19. The van der Waals surface area contributed by atoms with Crippen molar-refractivity contribution in [2.24, 2.45) is 5.92 Å². The standard InChI is InChI=1S/C16H29N3O2/c1-2-3-10-18-15(21)16(8-5-4-6-9-16)19-14(20)13-7-11-17-12-13/h13,17H,2-12H2,1H3,(H,18,21)(H,19,20). The summed E-state index contributed by atoms with van der Waals surface area (Å²) in [7, 11) is 0. The Kier molecular flexibility index (Phi) is 6.03. The SMILES string of the molecule is CCCCNC(=O)C1(NC(=O)C2CCNC2)CCCCC1. The monoisotopic (exact) mass is 295 g/mol. The second kappa shape index (κ2) is 7.78. The number of amides is 2. The summed E-state index contributed by atoms with van der Waals surface area (Å²) in [5, 5.41) is 9.34. The molecule has 5 nitrogen and oxygen atoms in total. The molecule has 0 aromatic heterocycles. The van der Waals surface area contributed by atoms with Crippen molar-refractivity contribution in [2.45, 2.75) is 63.8 Å². The molecule has 0 aromatic carbocycles. The van der Waals surface area contributed by atoms with Gasteiger partial charge in [0.05, 0.1) is 5.92 Å². The van der Waals surface area contributed by atoms with E-state index in [2.05, 4.69) is 22.9 Å². The van der Waals surface area contributed by atoms with Gasteiger partial charge in [0.15, 0.2) is 0 Å². The fourth-order valence-corrected chi connectivity index (χ4v) is 3.33. The van der Waals surface area contributed by atoms with Crippen molar-refractivity contribution in [1.82, 2.24) is 16.0 Å². The van der Waals surface area contributed by atoms with Crippen LogP contribution in [0.15, 0.2) is 0 Å². The molecule has 0 spiro atoms. The molecule has 1 saturated carbocycles. The van der Waals surface area contributed by atoms with Gasteiger partial charge >= 0.3 is 0 Å². The molecule has 0 aromatic rings. The van der Waals surface area contributed by atoms with E-state index in [1.807, 2.05) is 0 Å². The number of unbranched alkanes of at least 4 members (excludes halogenated alkanes) is 1. The number of nitrogens with one attached hydrogen (secondary N) is 3. The summed E-state index contributed by atoms with van der Waals surface area (Å²) in [4.78, 5) is 25.0. The van der Waals surface area contributed by atoms with E-state index in [1.165, 1.54) is 0 Å². The fraction of sp³-hybridized carbons (Fsp3) is 0.875. The van der Waals surface area contributed by atoms with Crippen LogP contribution < -0.4 is 16.0 Å². The lowest BCUT2D eigenvalue weighted by atomic mass is 9.80. The van der Waals surface area contributed by atoms with Crippen molar-refractivity contribution in [3.8, 4) is 0 Å². The number of carbonyl (C=O) groups excluding carboxylic acids is 2. The van der Waals surface area contributed by atoms with E-state index in [0.29, 0.717) is 6.54 Å². The Morgan fingerprint density at radius 1 is 1.24 bits per heavy atom. The molecule has 120 valence electrons. The Morgan fingerprint density at radius 2 is 2.00 bits per heavy atom.